The van der Waals surface area contributed by atoms with Crippen LogP contribution in [0.1, 0.15) is 51.4 Å². The van der Waals surface area contributed by atoms with Crippen LogP contribution in [0.2, 0.25) is 0 Å². The summed E-state index contributed by atoms with van der Waals surface area (Å²) in [7, 11) is 0. The predicted molar refractivity (Wildman–Crippen MR) is 60.5 cm³/mol. The normalized spacial score (nSPS) is 36.0. The van der Waals surface area contributed by atoms with E-state index in [9.17, 15) is 4.79 Å². The van der Waals surface area contributed by atoms with E-state index >= 15 is 0 Å². The van der Waals surface area contributed by atoms with E-state index in [1.807, 2.05) is 0 Å². The molecule has 3 rings (SSSR count). The molecule has 2 saturated carbocycles. The Morgan fingerprint density at radius 2 is 1.93 bits per heavy atom. The Kier molecular flexibility index (Phi) is 2.42. The van der Waals surface area contributed by atoms with E-state index in [1.54, 1.807) is 5.57 Å². The topological polar surface area (TPSA) is 17.1 Å². The van der Waals surface area contributed by atoms with Gasteiger partial charge in [0.15, 0.2) is 0 Å². The summed E-state index contributed by atoms with van der Waals surface area (Å²) in [6.07, 6.45) is 12.9. The minimum atomic E-state index is 0.351. The van der Waals surface area contributed by atoms with Crippen LogP contribution in [0, 0.1) is 17.8 Å². The van der Waals surface area contributed by atoms with E-state index in [4.69, 9.17) is 0 Å². The fourth-order valence-electron chi connectivity index (χ4n) is 3.62. The van der Waals surface area contributed by atoms with Gasteiger partial charge in [0, 0.05) is 12.3 Å². The van der Waals surface area contributed by atoms with Gasteiger partial charge in [0.05, 0.1) is 0 Å². The molecule has 1 nitrogen and oxygen atoms in total. The molecule has 0 aromatic rings. The smallest absolute Gasteiger partial charge is 0.140 e. The van der Waals surface area contributed by atoms with Crippen molar-refractivity contribution in [3.05, 3.63) is 11.6 Å². The molecule has 3 aliphatic carbocycles. The van der Waals surface area contributed by atoms with Crippen molar-refractivity contribution in [2.75, 3.05) is 0 Å². The highest BCUT2D eigenvalue weighted by molar-refractivity contribution is 5.90. The third-order valence-corrected chi connectivity index (χ3v) is 4.56. The van der Waals surface area contributed by atoms with Gasteiger partial charge in [-0.05, 0) is 24.7 Å². The Balaban J connectivity index is 1.57. The van der Waals surface area contributed by atoms with Crippen molar-refractivity contribution in [1.82, 2.24) is 0 Å². The van der Waals surface area contributed by atoms with Gasteiger partial charge >= 0.3 is 0 Å². The maximum absolute atomic E-state index is 11.3. The van der Waals surface area contributed by atoms with Gasteiger partial charge in [-0.2, -0.15) is 0 Å². The number of Topliss-reactive ketones (excluding diaryl/α,β-unsaturated/α-hetero) is 1. The van der Waals surface area contributed by atoms with E-state index in [0.717, 1.165) is 18.3 Å². The van der Waals surface area contributed by atoms with E-state index in [-0.39, 0.29) is 0 Å². The summed E-state index contributed by atoms with van der Waals surface area (Å²) in [5.41, 5.74) is 1.61. The van der Waals surface area contributed by atoms with Crippen molar-refractivity contribution in [3.63, 3.8) is 0 Å². The summed E-state index contributed by atoms with van der Waals surface area (Å²) >= 11 is 0. The summed E-state index contributed by atoms with van der Waals surface area (Å²) in [5, 5.41) is 0. The Labute approximate surface area is 91.9 Å². The SMILES string of the molecule is O=C1C[C@H]2CC(CC3CCCCC3)=C[C@@H]12. The molecule has 0 aliphatic heterocycles. The average Bonchev–Trinajstić information content (AvgIpc) is 2.57. The van der Waals surface area contributed by atoms with Crippen LogP contribution in [0.3, 0.4) is 0 Å². The number of hydrogen-bond donors (Lipinski definition) is 0. The van der Waals surface area contributed by atoms with Gasteiger partial charge in [-0.25, -0.2) is 0 Å². The fourth-order valence-corrected chi connectivity index (χ4v) is 3.62. The molecular formula is C14H20O. The fraction of sp³-hybridized carbons (Fsp3) is 0.786. The molecule has 2 fully saturated rings. The van der Waals surface area contributed by atoms with E-state index in [1.165, 1.54) is 44.9 Å². The highest BCUT2D eigenvalue weighted by Gasteiger charge is 2.42. The summed E-state index contributed by atoms with van der Waals surface area (Å²) in [4.78, 5) is 11.3. The Hall–Kier alpha value is -0.590. The third-order valence-electron chi connectivity index (χ3n) is 4.56. The number of fused-ring (bicyclic) bond motifs is 1. The van der Waals surface area contributed by atoms with Crippen LogP contribution < -0.4 is 0 Å². The second-order valence-corrected chi connectivity index (χ2v) is 5.69. The van der Waals surface area contributed by atoms with Crippen molar-refractivity contribution in [1.29, 1.82) is 0 Å². The molecule has 0 saturated heterocycles. The molecule has 0 bridgehead atoms. The number of allylic oxidation sites excluding steroid dienone is 2. The lowest BCUT2D eigenvalue weighted by molar-refractivity contribution is -0.130. The first-order chi connectivity index (χ1) is 7.33. The van der Waals surface area contributed by atoms with Gasteiger partial charge in [-0.15, -0.1) is 0 Å². The monoisotopic (exact) mass is 204 g/mol. The molecule has 0 spiro atoms. The van der Waals surface area contributed by atoms with Gasteiger partial charge in [0.25, 0.3) is 0 Å². The predicted octanol–water partition coefficient (Wildman–Crippen LogP) is 3.49. The Bertz CT molecular complexity index is 296. The lowest BCUT2D eigenvalue weighted by atomic mass is 9.74. The van der Waals surface area contributed by atoms with Crippen molar-refractivity contribution in [3.8, 4) is 0 Å². The zero-order chi connectivity index (χ0) is 10.3. The number of carbonyl (C=O) groups is 1. The number of hydrogen-bond acceptors (Lipinski definition) is 1. The minimum absolute atomic E-state index is 0.351. The van der Waals surface area contributed by atoms with Crippen molar-refractivity contribution in [2.45, 2.75) is 51.4 Å². The highest BCUT2D eigenvalue weighted by atomic mass is 16.1. The molecule has 0 aromatic carbocycles. The zero-order valence-corrected chi connectivity index (χ0v) is 9.37. The first kappa shape index (κ1) is 9.62. The maximum atomic E-state index is 11.3. The summed E-state index contributed by atoms with van der Waals surface area (Å²) in [5.74, 6) is 2.51. The van der Waals surface area contributed by atoms with Crippen molar-refractivity contribution in [2.24, 2.45) is 17.8 Å². The molecule has 15 heavy (non-hydrogen) atoms. The van der Waals surface area contributed by atoms with Gasteiger partial charge in [-0.3, -0.25) is 4.79 Å². The molecular weight excluding hydrogens is 184 g/mol. The van der Waals surface area contributed by atoms with Crippen LogP contribution in [0.4, 0.5) is 0 Å². The van der Waals surface area contributed by atoms with E-state index < -0.39 is 0 Å². The third kappa shape index (κ3) is 1.77. The first-order valence-electron chi connectivity index (χ1n) is 6.55. The van der Waals surface area contributed by atoms with Gasteiger partial charge in [0.2, 0.25) is 0 Å². The second kappa shape index (κ2) is 3.77. The lowest BCUT2D eigenvalue weighted by Crippen LogP contribution is -2.32. The largest absolute Gasteiger partial charge is 0.299 e. The highest BCUT2D eigenvalue weighted by Crippen LogP contribution is 2.45. The zero-order valence-electron chi connectivity index (χ0n) is 9.37. The van der Waals surface area contributed by atoms with Crippen LogP contribution in [0.15, 0.2) is 11.6 Å². The van der Waals surface area contributed by atoms with E-state index in [0.29, 0.717) is 11.7 Å². The average molecular weight is 204 g/mol. The maximum Gasteiger partial charge on any atom is 0.140 e. The van der Waals surface area contributed by atoms with Crippen LogP contribution in [-0.4, -0.2) is 5.78 Å². The van der Waals surface area contributed by atoms with Gasteiger partial charge < -0.3 is 0 Å². The molecule has 3 aliphatic rings. The van der Waals surface area contributed by atoms with Crippen LogP contribution in [0.25, 0.3) is 0 Å². The molecule has 0 N–H and O–H groups in total. The number of ketones is 1. The molecule has 0 heterocycles. The van der Waals surface area contributed by atoms with Crippen LogP contribution >= 0.6 is 0 Å². The molecule has 0 aromatic heterocycles. The summed E-state index contributed by atoms with van der Waals surface area (Å²) < 4.78 is 0. The molecule has 82 valence electrons. The first-order valence-corrected chi connectivity index (χ1v) is 6.55. The van der Waals surface area contributed by atoms with Crippen LogP contribution in [-0.2, 0) is 4.79 Å². The van der Waals surface area contributed by atoms with E-state index in [2.05, 4.69) is 6.08 Å². The Morgan fingerprint density at radius 1 is 1.13 bits per heavy atom. The summed E-state index contributed by atoms with van der Waals surface area (Å²) in [6, 6.07) is 0. The molecule has 1 heteroatoms. The molecule has 0 radical (unpaired) electrons. The van der Waals surface area contributed by atoms with Gasteiger partial charge in [-0.1, -0.05) is 43.8 Å². The summed E-state index contributed by atoms with van der Waals surface area (Å²) in [6.45, 7) is 0. The Morgan fingerprint density at radius 3 is 2.60 bits per heavy atom. The lowest BCUT2D eigenvalue weighted by Gasteiger charge is -2.27. The van der Waals surface area contributed by atoms with Gasteiger partial charge in [0.1, 0.15) is 5.78 Å². The van der Waals surface area contributed by atoms with Crippen molar-refractivity contribution >= 4 is 5.78 Å². The van der Waals surface area contributed by atoms with Crippen LogP contribution in [0.5, 0.6) is 0 Å². The standard InChI is InChI=1S/C14H20O/c15-14-9-12-7-11(8-13(12)14)6-10-4-2-1-3-5-10/h8,10,12-13H,1-7,9H2/t12-,13-/m1/s1. The second-order valence-electron chi connectivity index (χ2n) is 5.69. The number of rotatable bonds is 2. The quantitative estimate of drug-likeness (QED) is 0.629. The molecule has 0 amide bonds. The molecule has 0 unspecified atom stereocenters. The minimum Gasteiger partial charge on any atom is -0.299 e. The molecule has 2 atom stereocenters. The van der Waals surface area contributed by atoms with Crippen molar-refractivity contribution < 1.29 is 4.79 Å². The number of carbonyl (C=O) groups excluding carboxylic acids is 1.